The molecule has 156 valence electrons. The van der Waals surface area contributed by atoms with Crippen LogP contribution in [0.3, 0.4) is 0 Å². The van der Waals surface area contributed by atoms with Crippen LogP contribution in [0.25, 0.3) is 5.69 Å². The van der Waals surface area contributed by atoms with Gasteiger partial charge in [-0.1, -0.05) is 47.6 Å². The Hall–Kier alpha value is -3.22. The van der Waals surface area contributed by atoms with Crippen molar-refractivity contribution < 1.29 is 14.3 Å². The number of aryl methyl sites for hydroxylation is 1. The molecule has 3 aromatic carbocycles. The number of aromatic nitrogens is 2. The normalized spacial score (nSPS) is 10.7. The minimum absolute atomic E-state index is 0.358. The first-order valence-electron chi connectivity index (χ1n) is 9.50. The lowest BCUT2D eigenvalue weighted by Gasteiger charge is -2.11. The van der Waals surface area contributed by atoms with Gasteiger partial charge in [-0.05, 0) is 61.5 Å². The topological polar surface area (TPSA) is 53.4 Å². The van der Waals surface area contributed by atoms with Crippen molar-refractivity contribution >= 4 is 29.3 Å². The maximum atomic E-state index is 13.0. The first-order valence-corrected chi connectivity index (χ1v) is 10.7. The molecule has 5 nitrogen and oxygen atoms in total. The zero-order chi connectivity index (χ0) is 21.8. The van der Waals surface area contributed by atoms with E-state index >= 15 is 0 Å². The lowest BCUT2D eigenvalue weighted by Crippen LogP contribution is -2.12. The number of rotatable bonds is 6. The summed E-state index contributed by atoms with van der Waals surface area (Å²) in [6.45, 7) is 1.89. The fourth-order valence-electron chi connectivity index (χ4n) is 2.96. The Morgan fingerprint density at radius 2 is 1.74 bits per heavy atom. The van der Waals surface area contributed by atoms with Crippen molar-refractivity contribution in [2.45, 2.75) is 16.7 Å². The van der Waals surface area contributed by atoms with Crippen LogP contribution in [0.2, 0.25) is 5.02 Å². The highest BCUT2D eigenvalue weighted by Gasteiger charge is 2.23. The van der Waals surface area contributed by atoms with E-state index in [0.29, 0.717) is 22.2 Å². The number of hydrogen-bond donors (Lipinski definition) is 0. The van der Waals surface area contributed by atoms with Gasteiger partial charge < -0.3 is 9.47 Å². The predicted molar refractivity (Wildman–Crippen MR) is 122 cm³/mol. The van der Waals surface area contributed by atoms with E-state index in [9.17, 15) is 4.79 Å². The molecular formula is C24H19ClN2O3S. The summed E-state index contributed by atoms with van der Waals surface area (Å²) in [6.07, 6.45) is 0. The van der Waals surface area contributed by atoms with Crippen LogP contribution < -0.4 is 9.47 Å². The number of halogens is 1. The lowest BCUT2D eigenvalue weighted by molar-refractivity contribution is 0.0718. The second-order valence-corrected chi connectivity index (χ2v) is 8.16. The van der Waals surface area contributed by atoms with Crippen LogP contribution in [-0.2, 0) is 0 Å². The number of hydrogen-bond acceptors (Lipinski definition) is 5. The number of methoxy groups -OCH3 is 1. The van der Waals surface area contributed by atoms with Gasteiger partial charge in [0.2, 0.25) is 5.88 Å². The van der Waals surface area contributed by atoms with E-state index in [0.717, 1.165) is 21.2 Å². The molecule has 0 aliphatic rings. The zero-order valence-electron chi connectivity index (χ0n) is 16.9. The first-order chi connectivity index (χ1) is 15.0. The fourth-order valence-corrected chi connectivity index (χ4v) is 4.00. The van der Waals surface area contributed by atoms with Crippen LogP contribution in [0, 0.1) is 6.92 Å². The highest BCUT2D eigenvalue weighted by Crippen LogP contribution is 2.39. The average Bonchev–Trinajstić information content (AvgIpc) is 3.11. The zero-order valence-corrected chi connectivity index (χ0v) is 18.5. The number of nitrogens with zero attached hydrogens (tertiary/aromatic N) is 2. The van der Waals surface area contributed by atoms with Gasteiger partial charge in [0.15, 0.2) is 0 Å². The predicted octanol–water partition coefficient (Wildman–Crippen LogP) is 6.21. The summed E-state index contributed by atoms with van der Waals surface area (Å²) in [5.74, 6) is 0.448. The quantitative estimate of drug-likeness (QED) is 0.327. The molecular weight excluding hydrogens is 432 g/mol. The van der Waals surface area contributed by atoms with E-state index in [1.807, 2.05) is 61.5 Å². The van der Waals surface area contributed by atoms with Crippen LogP contribution in [0.15, 0.2) is 88.7 Å². The first kappa shape index (κ1) is 21.0. The highest BCUT2D eigenvalue weighted by atomic mass is 35.5. The van der Waals surface area contributed by atoms with Crippen molar-refractivity contribution in [1.29, 1.82) is 0 Å². The van der Waals surface area contributed by atoms with Crippen molar-refractivity contribution in [1.82, 2.24) is 9.78 Å². The molecule has 0 aliphatic carbocycles. The smallest absolute Gasteiger partial charge is 0.345 e. The van der Waals surface area contributed by atoms with E-state index in [2.05, 4.69) is 5.10 Å². The van der Waals surface area contributed by atoms with Crippen LogP contribution in [-0.4, -0.2) is 22.9 Å². The Morgan fingerprint density at radius 3 is 2.45 bits per heavy atom. The van der Waals surface area contributed by atoms with Crippen molar-refractivity contribution in [3.05, 3.63) is 95.1 Å². The maximum Gasteiger partial charge on any atom is 0.345 e. The molecule has 0 saturated carbocycles. The molecule has 0 fully saturated rings. The van der Waals surface area contributed by atoms with Gasteiger partial charge in [-0.2, -0.15) is 9.78 Å². The molecule has 4 rings (SSSR count). The van der Waals surface area contributed by atoms with Crippen molar-refractivity contribution in [2.75, 3.05) is 7.11 Å². The minimum atomic E-state index is -0.492. The van der Waals surface area contributed by atoms with Gasteiger partial charge in [-0.25, -0.2) is 4.79 Å². The third-order valence-electron chi connectivity index (χ3n) is 4.49. The van der Waals surface area contributed by atoms with E-state index in [4.69, 9.17) is 21.1 Å². The molecule has 0 radical (unpaired) electrons. The van der Waals surface area contributed by atoms with Crippen molar-refractivity contribution in [3.8, 4) is 17.3 Å². The Morgan fingerprint density at radius 1 is 1.00 bits per heavy atom. The van der Waals surface area contributed by atoms with Crippen molar-refractivity contribution in [2.24, 2.45) is 0 Å². The monoisotopic (exact) mass is 450 g/mol. The summed E-state index contributed by atoms with van der Waals surface area (Å²) in [5, 5.41) is 5.30. The number of carbonyl (C=O) groups is 1. The minimum Gasteiger partial charge on any atom is -0.497 e. The molecule has 0 aliphatic heterocycles. The molecule has 7 heteroatoms. The van der Waals surface area contributed by atoms with Gasteiger partial charge in [0.25, 0.3) is 0 Å². The number of ether oxygens (including phenoxy) is 2. The third-order valence-corrected chi connectivity index (χ3v) is 5.93. The molecule has 0 atom stereocenters. The van der Waals surface area contributed by atoms with Crippen molar-refractivity contribution in [3.63, 3.8) is 0 Å². The average molecular weight is 451 g/mol. The number of para-hydroxylation sites is 1. The van der Waals surface area contributed by atoms with Gasteiger partial charge in [0.05, 0.1) is 29.0 Å². The lowest BCUT2D eigenvalue weighted by atomic mass is 10.2. The van der Waals surface area contributed by atoms with Gasteiger partial charge >= 0.3 is 5.97 Å². The Labute approximate surface area is 189 Å². The summed E-state index contributed by atoms with van der Waals surface area (Å²) < 4.78 is 12.8. The summed E-state index contributed by atoms with van der Waals surface area (Å²) in [7, 11) is 1.55. The fraction of sp³-hybridized carbons (Fsp3) is 0.0833. The Kier molecular flexibility index (Phi) is 6.30. The number of carbonyl (C=O) groups excluding carboxylic acids is 1. The molecule has 4 aromatic rings. The second kappa shape index (κ2) is 9.29. The second-order valence-electron chi connectivity index (χ2n) is 6.64. The molecule has 1 aromatic heterocycles. The van der Waals surface area contributed by atoms with Crippen LogP contribution in [0.5, 0.6) is 11.6 Å². The summed E-state index contributed by atoms with van der Waals surface area (Å²) in [6, 6.07) is 23.9. The summed E-state index contributed by atoms with van der Waals surface area (Å²) >= 11 is 7.48. The van der Waals surface area contributed by atoms with E-state index in [-0.39, 0.29) is 0 Å². The van der Waals surface area contributed by atoms with E-state index in [1.54, 1.807) is 36.1 Å². The van der Waals surface area contributed by atoms with E-state index < -0.39 is 5.97 Å². The standard InChI is InChI=1S/C24H19ClN2O3S/c1-16-22(31-21-13-11-18(25)12-14-21)23(27(26-16)19-8-4-3-5-9-19)30-24(28)17-7-6-10-20(15-17)29-2/h3-15H,1-2H3. The molecule has 0 amide bonds. The number of benzene rings is 3. The molecule has 0 unspecified atom stereocenters. The molecule has 0 spiro atoms. The van der Waals surface area contributed by atoms with Gasteiger partial charge in [-0.3, -0.25) is 0 Å². The molecule has 0 saturated heterocycles. The Bertz CT molecular complexity index is 1210. The van der Waals surface area contributed by atoms with Gasteiger partial charge in [0, 0.05) is 9.92 Å². The maximum absolute atomic E-state index is 13.0. The third kappa shape index (κ3) is 4.76. The summed E-state index contributed by atoms with van der Waals surface area (Å²) in [5.41, 5.74) is 1.93. The van der Waals surface area contributed by atoms with Crippen LogP contribution in [0.4, 0.5) is 0 Å². The SMILES string of the molecule is COc1cccc(C(=O)Oc2c(Sc3ccc(Cl)cc3)c(C)nn2-c2ccccc2)c1. The molecule has 0 bridgehead atoms. The largest absolute Gasteiger partial charge is 0.497 e. The molecule has 1 heterocycles. The van der Waals surface area contributed by atoms with Crippen LogP contribution >= 0.6 is 23.4 Å². The van der Waals surface area contributed by atoms with Gasteiger partial charge in [0.1, 0.15) is 5.75 Å². The molecule has 31 heavy (non-hydrogen) atoms. The molecule has 0 N–H and O–H groups in total. The van der Waals surface area contributed by atoms with Crippen LogP contribution in [0.1, 0.15) is 16.1 Å². The highest BCUT2D eigenvalue weighted by molar-refractivity contribution is 7.99. The van der Waals surface area contributed by atoms with Gasteiger partial charge in [-0.15, -0.1) is 0 Å². The number of esters is 1. The summed E-state index contributed by atoms with van der Waals surface area (Å²) in [4.78, 5) is 14.7. The van der Waals surface area contributed by atoms with E-state index in [1.165, 1.54) is 11.8 Å². The Balaban J connectivity index is 1.75.